The molecule has 0 saturated heterocycles. The summed E-state index contributed by atoms with van der Waals surface area (Å²) in [7, 11) is 3.57. The highest BCUT2D eigenvalue weighted by Crippen LogP contribution is 2.18. The molecule has 1 heterocycles. The molecule has 0 fully saturated rings. The summed E-state index contributed by atoms with van der Waals surface area (Å²) in [6, 6.07) is 1.70. The van der Waals surface area contributed by atoms with Crippen LogP contribution in [0.25, 0.3) is 12.2 Å². The number of hydrogen-bond donors (Lipinski definition) is 2. The van der Waals surface area contributed by atoms with E-state index in [1.165, 1.54) is 5.57 Å². The number of aromatic amines is 1. The summed E-state index contributed by atoms with van der Waals surface area (Å²) in [5.74, 6) is 0.146. The van der Waals surface area contributed by atoms with E-state index >= 15 is 0 Å². The van der Waals surface area contributed by atoms with Crippen LogP contribution in [0.15, 0.2) is 52.6 Å². The number of rotatable bonds is 3. The maximum Gasteiger partial charge on any atom is 0.265 e. The minimum absolute atomic E-state index is 0.0981. The van der Waals surface area contributed by atoms with Crippen molar-refractivity contribution in [3.8, 4) is 0 Å². The van der Waals surface area contributed by atoms with Gasteiger partial charge in [0.05, 0.1) is 0 Å². The van der Waals surface area contributed by atoms with Gasteiger partial charge in [0.25, 0.3) is 5.91 Å². The molecule has 2 aliphatic carbocycles. The number of halogens is 1. The normalized spacial score (nSPS) is 15.2. The minimum Gasteiger partial charge on any atom is -0.364 e. The van der Waals surface area contributed by atoms with Gasteiger partial charge in [-0.1, -0.05) is 61.9 Å². The van der Waals surface area contributed by atoms with Crippen molar-refractivity contribution in [3.63, 3.8) is 0 Å². The number of carbonyl (C=O) groups is 2. The van der Waals surface area contributed by atoms with E-state index in [2.05, 4.69) is 31.0 Å². The van der Waals surface area contributed by atoms with Crippen LogP contribution in [-0.2, 0) is 4.79 Å². The van der Waals surface area contributed by atoms with Gasteiger partial charge in [0.2, 0.25) is 5.91 Å². The summed E-state index contributed by atoms with van der Waals surface area (Å²) in [4.78, 5) is 27.2. The van der Waals surface area contributed by atoms with Crippen LogP contribution in [0.3, 0.4) is 0 Å². The first kappa shape index (κ1) is 22.5. The third-order valence-electron chi connectivity index (χ3n) is 4.55. The number of likely N-dealkylation sites (N-methyl/N-ethyl adjacent to an activating group) is 1. The van der Waals surface area contributed by atoms with E-state index in [0.29, 0.717) is 16.6 Å². The van der Waals surface area contributed by atoms with Gasteiger partial charge < -0.3 is 15.6 Å². The second kappa shape index (κ2) is 10.1. The fourth-order valence-corrected chi connectivity index (χ4v) is 3.08. The number of fused-ring (bicyclic) bond motifs is 1. The van der Waals surface area contributed by atoms with E-state index in [1.807, 2.05) is 30.4 Å². The number of carbonyl (C=O) groups excluding carboxylic acids is 2. The first-order valence-electron chi connectivity index (χ1n) is 9.54. The summed E-state index contributed by atoms with van der Waals surface area (Å²) in [5.41, 5.74) is 7.69. The molecule has 0 spiro atoms. The molecule has 2 amide bonds. The molecule has 5 nitrogen and oxygen atoms in total. The van der Waals surface area contributed by atoms with E-state index in [1.54, 1.807) is 25.1 Å². The zero-order valence-corrected chi connectivity index (χ0v) is 18.1. The number of allylic oxidation sites excluding steroid dienone is 7. The van der Waals surface area contributed by atoms with Gasteiger partial charge in [-0.3, -0.25) is 9.59 Å². The summed E-state index contributed by atoms with van der Waals surface area (Å²) < 4.78 is 0. The lowest BCUT2D eigenvalue weighted by atomic mass is 10.0. The van der Waals surface area contributed by atoms with Crippen molar-refractivity contribution >= 4 is 35.6 Å². The maximum absolute atomic E-state index is 11.7. The summed E-state index contributed by atoms with van der Waals surface area (Å²) in [5, 5.41) is 2.47. The van der Waals surface area contributed by atoms with Crippen molar-refractivity contribution < 1.29 is 9.59 Å². The number of primary amides is 1. The summed E-state index contributed by atoms with van der Waals surface area (Å²) in [6.45, 7) is 4.31. The molecule has 3 rings (SSSR count). The number of hydrogen-bond acceptors (Lipinski definition) is 2. The second-order valence-corrected chi connectivity index (χ2v) is 7.85. The van der Waals surface area contributed by atoms with Crippen LogP contribution in [-0.4, -0.2) is 35.8 Å². The summed E-state index contributed by atoms with van der Waals surface area (Å²) >= 11 is 5.89. The Balaban J connectivity index is 0.000000207. The average Bonchev–Trinajstić information content (AvgIpc) is 2.82. The number of H-pyrrole nitrogens is 1. The van der Waals surface area contributed by atoms with Crippen LogP contribution in [0.4, 0.5) is 0 Å². The molecule has 0 unspecified atom stereocenters. The van der Waals surface area contributed by atoms with E-state index in [-0.39, 0.29) is 5.91 Å². The number of nitrogens with zero attached hydrogens (tertiary/aromatic N) is 1. The lowest BCUT2D eigenvalue weighted by Gasteiger charge is -2.11. The zero-order chi connectivity index (χ0) is 21.6. The second-order valence-electron chi connectivity index (χ2n) is 7.41. The molecular formula is C23H28ClN3O2. The van der Waals surface area contributed by atoms with Crippen LogP contribution in [0.5, 0.6) is 0 Å². The first-order chi connectivity index (χ1) is 13.7. The van der Waals surface area contributed by atoms with E-state index in [4.69, 9.17) is 17.3 Å². The van der Waals surface area contributed by atoms with Gasteiger partial charge in [-0.25, -0.2) is 0 Å². The molecule has 1 aromatic rings. The lowest BCUT2D eigenvalue weighted by molar-refractivity contribution is -0.124. The van der Waals surface area contributed by atoms with Crippen LogP contribution in [0.2, 0.25) is 0 Å². The highest BCUT2D eigenvalue weighted by atomic mass is 35.5. The fourth-order valence-electron chi connectivity index (χ4n) is 2.88. The van der Waals surface area contributed by atoms with Gasteiger partial charge in [0.15, 0.2) is 0 Å². The third-order valence-corrected chi connectivity index (χ3v) is 4.81. The molecule has 0 atom stereocenters. The molecular weight excluding hydrogens is 386 g/mol. The number of amides is 2. The topological polar surface area (TPSA) is 79.2 Å². The van der Waals surface area contributed by atoms with Crippen LogP contribution in [0, 0.1) is 5.92 Å². The average molecular weight is 414 g/mol. The minimum atomic E-state index is -0.458. The van der Waals surface area contributed by atoms with Gasteiger partial charge in [-0.2, -0.15) is 0 Å². The molecule has 0 aromatic carbocycles. The Kier molecular flexibility index (Phi) is 7.85. The van der Waals surface area contributed by atoms with Gasteiger partial charge in [-0.15, -0.1) is 0 Å². The monoisotopic (exact) mass is 413 g/mol. The number of nitrogens with two attached hydrogens (primary N) is 1. The molecule has 0 bridgehead atoms. The Bertz CT molecular complexity index is 1020. The Morgan fingerprint density at radius 3 is 2.55 bits per heavy atom. The Morgan fingerprint density at radius 2 is 1.93 bits per heavy atom. The van der Waals surface area contributed by atoms with Crippen LogP contribution in [0.1, 0.15) is 37.2 Å². The van der Waals surface area contributed by atoms with Gasteiger partial charge in [-0.05, 0) is 36.5 Å². The zero-order valence-electron chi connectivity index (χ0n) is 17.3. The van der Waals surface area contributed by atoms with E-state index in [9.17, 15) is 9.59 Å². The van der Waals surface area contributed by atoms with Crippen molar-refractivity contribution in [1.29, 1.82) is 0 Å². The van der Waals surface area contributed by atoms with Crippen molar-refractivity contribution in [3.05, 3.63) is 68.9 Å². The van der Waals surface area contributed by atoms with Crippen molar-refractivity contribution in [2.75, 3.05) is 14.1 Å². The largest absolute Gasteiger partial charge is 0.364 e. The third kappa shape index (κ3) is 6.36. The molecule has 1 aromatic heterocycles. The van der Waals surface area contributed by atoms with E-state index < -0.39 is 5.91 Å². The number of nitrogens with one attached hydrogen (secondary N) is 1. The molecule has 6 heteroatoms. The fraction of sp³-hybridized carbons (Fsp3) is 0.304. The van der Waals surface area contributed by atoms with E-state index in [0.717, 1.165) is 29.0 Å². The highest BCUT2D eigenvalue weighted by molar-refractivity contribution is 6.34. The summed E-state index contributed by atoms with van der Waals surface area (Å²) in [6.07, 6.45) is 15.3. The Hall–Kier alpha value is -2.79. The van der Waals surface area contributed by atoms with Gasteiger partial charge in [0.1, 0.15) is 5.69 Å². The van der Waals surface area contributed by atoms with Crippen LogP contribution >= 0.6 is 11.6 Å². The molecule has 0 saturated carbocycles. The maximum atomic E-state index is 11.7. The lowest BCUT2D eigenvalue weighted by Crippen LogP contribution is -2.23. The first-order valence-corrected chi connectivity index (χ1v) is 9.92. The molecule has 2 aliphatic rings. The molecule has 0 aliphatic heterocycles. The van der Waals surface area contributed by atoms with Crippen molar-refractivity contribution in [2.45, 2.75) is 26.7 Å². The molecule has 3 N–H and O–H groups in total. The predicted molar refractivity (Wildman–Crippen MR) is 119 cm³/mol. The Labute approximate surface area is 176 Å². The van der Waals surface area contributed by atoms with Crippen LogP contribution < -0.4 is 16.3 Å². The highest BCUT2D eigenvalue weighted by Gasteiger charge is 2.11. The standard InChI is InChI=1S/C13H19NO.C10H9ClN2O/c1-10(2)11-6-5-7-12(9-8-11)13(15)14(3)4;11-7-2-1-3-8-6(4-7)5-9(13-8)10(12)14/h5-6,8-10H,7H2,1-4H3;2-5,13H,1H2,(H2,12,14). The predicted octanol–water partition coefficient (Wildman–Crippen LogP) is 2.74. The Morgan fingerprint density at radius 1 is 1.21 bits per heavy atom. The van der Waals surface area contributed by atoms with Gasteiger partial charge >= 0.3 is 0 Å². The smallest absolute Gasteiger partial charge is 0.265 e. The van der Waals surface area contributed by atoms with Crippen molar-refractivity contribution in [1.82, 2.24) is 9.88 Å². The number of aromatic nitrogens is 1. The quantitative estimate of drug-likeness (QED) is 0.799. The molecule has 0 radical (unpaired) electrons. The van der Waals surface area contributed by atoms with Crippen molar-refractivity contribution in [2.24, 2.45) is 11.7 Å². The molecule has 154 valence electrons. The molecule has 29 heavy (non-hydrogen) atoms. The van der Waals surface area contributed by atoms with Gasteiger partial charge in [0, 0.05) is 35.3 Å². The SMILES string of the molecule is CC(C)C1=CC=C(C(=O)N(C)C)CC=C1.NC(=O)c1cc2c([nH]1)=CCC=C(Cl)C=2.